The van der Waals surface area contributed by atoms with Crippen LogP contribution in [0, 0.1) is 0 Å². The molecular formula is C23H34N4O4. The molecule has 0 unspecified atom stereocenters. The molecule has 0 saturated heterocycles. The number of hydrogen-bond acceptors (Lipinski definition) is 5. The number of guanidine groups is 1. The van der Waals surface area contributed by atoms with Gasteiger partial charge in [-0.05, 0) is 36.2 Å². The first-order valence-corrected chi connectivity index (χ1v) is 10.7. The van der Waals surface area contributed by atoms with E-state index < -0.39 is 0 Å². The molecule has 8 heteroatoms. The van der Waals surface area contributed by atoms with Crippen LogP contribution in [-0.4, -0.2) is 51.9 Å². The predicted molar refractivity (Wildman–Crippen MR) is 121 cm³/mol. The number of carbonyl (C=O) groups excluding carboxylic acids is 1. The maximum Gasteiger partial charge on any atom is 0.251 e. The van der Waals surface area contributed by atoms with E-state index in [4.69, 9.17) is 13.9 Å². The third kappa shape index (κ3) is 10.1. The van der Waals surface area contributed by atoms with E-state index in [-0.39, 0.29) is 5.91 Å². The zero-order chi connectivity index (χ0) is 22.2. The van der Waals surface area contributed by atoms with E-state index in [1.165, 1.54) is 0 Å². The minimum Gasteiger partial charge on any atom is -0.467 e. The van der Waals surface area contributed by atoms with Crippen LogP contribution in [0.5, 0.6) is 0 Å². The van der Waals surface area contributed by atoms with Crippen LogP contribution in [0.1, 0.15) is 41.4 Å². The number of aliphatic imine (C=N–C) groups is 1. The SMILES string of the molecule is CCCCOCCOCCNC(=NC)NCc1cccc(C(=O)NCc2ccco2)c1. The number of unbranched alkanes of at least 4 members (excludes halogenated alkanes) is 1. The van der Waals surface area contributed by atoms with Gasteiger partial charge in [0.25, 0.3) is 5.91 Å². The largest absolute Gasteiger partial charge is 0.467 e. The molecule has 8 nitrogen and oxygen atoms in total. The zero-order valence-electron chi connectivity index (χ0n) is 18.5. The van der Waals surface area contributed by atoms with Crippen LogP contribution in [0.2, 0.25) is 0 Å². The summed E-state index contributed by atoms with van der Waals surface area (Å²) in [5.41, 5.74) is 1.58. The third-order valence-corrected chi connectivity index (χ3v) is 4.43. The van der Waals surface area contributed by atoms with Crippen LogP contribution < -0.4 is 16.0 Å². The summed E-state index contributed by atoms with van der Waals surface area (Å²) >= 11 is 0. The number of furan rings is 1. The maximum atomic E-state index is 12.4. The van der Waals surface area contributed by atoms with Crippen molar-refractivity contribution in [3.63, 3.8) is 0 Å². The van der Waals surface area contributed by atoms with Gasteiger partial charge in [0.1, 0.15) is 5.76 Å². The maximum absolute atomic E-state index is 12.4. The fraction of sp³-hybridized carbons (Fsp3) is 0.478. The van der Waals surface area contributed by atoms with Crippen molar-refractivity contribution in [3.8, 4) is 0 Å². The average molecular weight is 431 g/mol. The number of carbonyl (C=O) groups is 1. The number of nitrogens with zero attached hydrogens (tertiary/aromatic N) is 1. The number of benzene rings is 1. The Balaban J connectivity index is 1.65. The second kappa shape index (κ2) is 15.0. The van der Waals surface area contributed by atoms with Crippen molar-refractivity contribution in [2.24, 2.45) is 4.99 Å². The Morgan fingerprint density at radius 1 is 1.00 bits per heavy atom. The standard InChI is InChI=1S/C23H34N4O4/c1-3-4-11-29-14-15-30-13-10-25-23(24-2)27-17-19-7-5-8-20(16-19)22(28)26-18-21-9-6-12-31-21/h5-9,12,16H,3-4,10-11,13-15,17-18H2,1-2H3,(H,26,28)(H2,24,25,27). The van der Waals surface area contributed by atoms with Crippen LogP contribution in [0.3, 0.4) is 0 Å². The quantitative estimate of drug-likeness (QED) is 0.242. The van der Waals surface area contributed by atoms with E-state index in [2.05, 4.69) is 27.9 Å². The van der Waals surface area contributed by atoms with Crippen molar-refractivity contribution < 1.29 is 18.7 Å². The highest BCUT2D eigenvalue weighted by Crippen LogP contribution is 2.06. The highest BCUT2D eigenvalue weighted by atomic mass is 16.5. The number of nitrogens with one attached hydrogen (secondary N) is 3. The van der Waals surface area contributed by atoms with E-state index >= 15 is 0 Å². The molecule has 3 N–H and O–H groups in total. The molecule has 0 fully saturated rings. The van der Waals surface area contributed by atoms with Gasteiger partial charge < -0.3 is 29.8 Å². The van der Waals surface area contributed by atoms with Gasteiger partial charge in [0, 0.05) is 32.3 Å². The summed E-state index contributed by atoms with van der Waals surface area (Å²) in [6.07, 6.45) is 3.81. The minimum atomic E-state index is -0.142. The molecule has 1 amide bonds. The van der Waals surface area contributed by atoms with Crippen LogP contribution in [0.25, 0.3) is 0 Å². The second-order valence-corrected chi connectivity index (χ2v) is 6.89. The molecule has 0 aliphatic carbocycles. The van der Waals surface area contributed by atoms with Crippen molar-refractivity contribution in [3.05, 3.63) is 59.5 Å². The first kappa shape index (κ1) is 24.4. The van der Waals surface area contributed by atoms with Gasteiger partial charge in [0.05, 0.1) is 32.6 Å². The Morgan fingerprint density at radius 3 is 2.58 bits per heavy atom. The molecule has 1 aromatic carbocycles. The smallest absolute Gasteiger partial charge is 0.251 e. The molecule has 0 saturated carbocycles. The van der Waals surface area contributed by atoms with Gasteiger partial charge in [-0.25, -0.2) is 0 Å². The van der Waals surface area contributed by atoms with Gasteiger partial charge in [-0.2, -0.15) is 0 Å². The van der Waals surface area contributed by atoms with E-state index in [9.17, 15) is 4.79 Å². The molecule has 2 rings (SSSR count). The highest BCUT2D eigenvalue weighted by Gasteiger charge is 2.07. The fourth-order valence-electron chi connectivity index (χ4n) is 2.72. The summed E-state index contributed by atoms with van der Waals surface area (Å²) in [5, 5.41) is 9.30. The summed E-state index contributed by atoms with van der Waals surface area (Å²) in [5.74, 6) is 1.25. The molecular weight excluding hydrogens is 396 g/mol. The summed E-state index contributed by atoms with van der Waals surface area (Å²) in [6.45, 7) is 6.27. The molecule has 0 spiro atoms. The van der Waals surface area contributed by atoms with Crippen molar-refractivity contribution >= 4 is 11.9 Å². The third-order valence-electron chi connectivity index (χ3n) is 4.43. The molecule has 170 valence electrons. The molecule has 0 aliphatic heterocycles. The first-order valence-electron chi connectivity index (χ1n) is 10.7. The Kier molecular flexibility index (Phi) is 11.8. The topological polar surface area (TPSA) is 97.1 Å². The Hall–Kier alpha value is -2.84. The summed E-state index contributed by atoms with van der Waals surface area (Å²) in [6, 6.07) is 11.1. The van der Waals surface area contributed by atoms with Gasteiger partial charge in [0.15, 0.2) is 5.96 Å². The van der Waals surface area contributed by atoms with E-state index in [1.54, 1.807) is 25.4 Å². The van der Waals surface area contributed by atoms with Gasteiger partial charge in [0.2, 0.25) is 0 Å². The predicted octanol–water partition coefficient (Wildman–Crippen LogP) is 2.71. The van der Waals surface area contributed by atoms with Crippen LogP contribution in [0.4, 0.5) is 0 Å². The molecule has 1 aromatic heterocycles. The lowest BCUT2D eigenvalue weighted by Gasteiger charge is -2.13. The Morgan fingerprint density at radius 2 is 1.84 bits per heavy atom. The molecule has 0 atom stereocenters. The van der Waals surface area contributed by atoms with Crippen molar-refractivity contribution in [1.82, 2.24) is 16.0 Å². The molecule has 1 heterocycles. The minimum absolute atomic E-state index is 0.142. The van der Waals surface area contributed by atoms with Crippen LogP contribution in [-0.2, 0) is 22.6 Å². The van der Waals surface area contributed by atoms with Gasteiger partial charge >= 0.3 is 0 Å². The van der Waals surface area contributed by atoms with E-state index in [1.807, 2.05) is 24.3 Å². The molecule has 31 heavy (non-hydrogen) atoms. The normalized spacial score (nSPS) is 11.4. The number of ether oxygens (including phenoxy) is 2. The highest BCUT2D eigenvalue weighted by molar-refractivity contribution is 5.94. The average Bonchev–Trinajstić information content (AvgIpc) is 3.32. The summed E-state index contributed by atoms with van der Waals surface area (Å²) in [4.78, 5) is 16.6. The van der Waals surface area contributed by atoms with Crippen molar-refractivity contribution in [2.75, 3.05) is 40.0 Å². The fourth-order valence-corrected chi connectivity index (χ4v) is 2.72. The van der Waals surface area contributed by atoms with Gasteiger partial charge in [-0.1, -0.05) is 25.5 Å². The lowest BCUT2D eigenvalue weighted by molar-refractivity contribution is 0.0487. The Bertz CT molecular complexity index is 778. The van der Waals surface area contributed by atoms with Gasteiger partial charge in [-0.15, -0.1) is 0 Å². The first-order chi connectivity index (χ1) is 15.2. The lowest BCUT2D eigenvalue weighted by Crippen LogP contribution is -2.38. The van der Waals surface area contributed by atoms with E-state index in [0.29, 0.717) is 56.7 Å². The molecule has 2 aromatic rings. The second-order valence-electron chi connectivity index (χ2n) is 6.89. The molecule has 0 radical (unpaired) electrons. The zero-order valence-corrected chi connectivity index (χ0v) is 18.5. The van der Waals surface area contributed by atoms with Crippen molar-refractivity contribution in [2.45, 2.75) is 32.9 Å². The molecule has 0 aliphatic rings. The summed E-state index contributed by atoms with van der Waals surface area (Å²) < 4.78 is 16.2. The Labute approximate surface area is 184 Å². The molecule has 0 bridgehead atoms. The monoisotopic (exact) mass is 430 g/mol. The summed E-state index contributed by atoms with van der Waals surface area (Å²) in [7, 11) is 1.72. The van der Waals surface area contributed by atoms with E-state index in [0.717, 1.165) is 25.0 Å². The lowest BCUT2D eigenvalue weighted by atomic mass is 10.1. The number of rotatable bonds is 14. The number of amides is 1. The van der Waals surface area contributed by atoms with Gasteiger partial charge in [-0.3, -0.25) is 9.79 Å². The van der Waals surface area contributed by atoms with Crippen LogP contribution in [0.15, 0.2) is 52.1 Å². The number of hydrogen-bond donors (Lipinski definition) is 3. The van der Waals surface area contributed by atoms with Crippen LogP contribution >= 0.6 is 0 Å². The van der Waals surface area contributed by atoms with Crippen molar-refractivity contribution in [1.29, 1.82) is 0 Å².